The van der Waals surface area contributed by atoms with Crippen LogP contribution < -0.4 is 10.1 Å². The van der Waals surface area contributed by atoms with Crippen molar-refractivity contribution in [2.45, 2.75) is 30.7 Å². The summed E-state index contributed by atoms with van der Waals surface area (Å²) in [5, 5.41) is 13.6. The van der Waals surface area contributed by atoms with Crippen molar-refractivity contribution < 1.29 is 14.5 Å². The van der Waals surface area contributed by atoms with E-state index in [0.717, 1.165) is 19.3 Å². The van der Waals surface area contributed by atoms with E-state index in [0.29, 0.717) is 0 Å². The number of methoxy groups -OCH3 is 1. The Balaban J connectivity index is 2.25. The van der Waals surface area contributed by atoms with E-state index in [-0.39, 0.29) is 28.4 Å². The van der Waals surface area contributed by atoms with Gasteiger partial charge >= 0.3 is 5.69 Å². The summed E-state index contributed by atoms with van der Waals surface area (Å²) in [5.41, 5.74) is -0.0773. The fraction of sp³-hybridized carbons (Fsp3) is 0.462. The van der Waals surface area contributed by atoms with Gasteiger partial charge in [-0.1, -0.05) is 6.07 Å². The number of nitrogens with one attached hydrogen (secondary N) is 1. The average Bonchev–Trinajstić information content (AvgIpc) is 2.83. The number of halogens is 1. The van der Waals surface area contributed by atoms with Gasteiger partial charge in [0.05, 0.1) is 23.0 Å². The van der Waals surface area contributed by atoms with Crippen LogP contribution in [0.1, 0.15) is 29.6 Å². The third-order valence-electron chi connectivity index (χ3n) is 3.39. The van der Waals surface area contributed by atoms with Crippen LogP contribution in [0.25, 0.3) is 0 Å². The number of amides is 1. The first-order valence-corrected chi connectivity index (χ1v) is 6.74. The molecule has 1 aromatic rings. The van der Waals surface area contributed by atoms with Crippen molar-refractivity contribution in [1.29, 1.82) is 0 Å². The van der Waals surface area contributed by atoms with E-state index in [1.165, 1.54) is 25.3 Å². The number of carbonyl (C=O) groups is 1. The molecule has 1 amide bonds. The second-order valence-electron chi connectivity index (χ2n) is 4.64. The minimum absolute atomic E-state index is 0.0286. The van der Waals surface area contributed by atoms with E-state index in [1.54, 1.807) is 0 Å². The molecule has 2 unspecified atom stereocenters. The molecule has 20 heavy (non-hydrogen) atoms. The molecule has 0 saturated heterocycles. The Morgan fingerprint density at radius 2 is 2.25 bits per heavy atom. The normalized spacial score (nSPS) is 21.5. The number of nitro groups is 1. The summed E-state index contributed by atoms with van der Waals surface area (Å²) in [6.45, 7) is 0. The number of ether oxygens (including phenoxy) is 1. The maximum absolute atomic E-state index is 12.2. The molecule has 0 aliphatic heterocycles. The van der Waals surface area contributed by atoms with Crippen LogP contribution in [-0.2, 0) is 0 Å². The molecule has 7 heteroatoms. The second kappa shape index (κ2) is 6.09. The first kappa shape index (κ1) is 14.6. The van der Waals surface area contributed by atoms with Gasteiger partial charge in [0.1, 0.15) is 0 Å². The number of hydrogen-bond acceptors (Lipinski definition) is 4. The zero-order valence-corrected chi connectivity index (χ0v) is 11.7. The number of rotatable bonds is 4. The van der Waals surface area contributed by atoms with Crippen molar-refractivity contribution in [3.8, 4) is 5.75 Å². The maximum atomic E-state index is 12.2. The summed E-state index contributed by atoms with van der Waals surface area (Å²) in [6, 6.07) is 4.16. The Morgan fingerprint density at radius 1 is 1.50 bits per heavy atom. The van der Waals surface area contributed by atoms with Crippen LogP contribution in [0.4, 0.5) is 5.69 Å². The SMILES string of the molecule is COc1c(C(=O)NC2CCCC2Cl)cccc1[N+](=O)[O-]. The van der Waals surface area contributed by atoms with Crippen molar-refractivity contribution in [2.75, 3.05) is 7.11 Å². The van der Waals surface area contributed by atoms with Crippen molar-refractivity contribution >= 4 is 23.2 Å². The van der Waals surface area contributed by atoms with E-state index >= 15 is 0 Å². The lowest BCUT2D eigenvalue weighted by Crippen LogP contribution is -2.38. The Hall–Kier alpha value is -1.82. The highest BCUT2D eigenvalue weighted by Crippen LogP contribution is 2.31. The molecule has 108 valence electrons. The van der Waals surface area contributed by atoms with Gasteiger partial charge in [0.2, 0.25) is 5.75 Å². The quantitative estimate of drug-likeness (QED) is 0.526. The molecule has 0 heterocycles. The standard InChI is InChI=1S/C13H15ClN2O4/c1-20-12-8(4-2-7-11(12)16(18)19)13(17)15-10-6-3-5-9(10)14/h2,4,7,9-10H,3,5-6H2,1H3,(H,15,17). The molecule has 0 aromatic heterocycles. The largest absolute Gasteiger partial charge is 0.490 e. The van der Waals surface area contributed by atoms with Gasteiger partial charge in [-0.2, -0.15) is 0 Å². The lowest BCUT2D eigenvalue weighted by atomic mass is 10.1. The summed E-state index contributed by atoms with van der Waals surface area (Å²) < 4.78 is 5.01. The molecule has 0 spiro atoms. The predicted octanol–water partition coefficient (Wildman–Crippen LogP) is 2.49. The van der Waals surface area contributed by atoms with Crippen LogP contribution in [0.3, 0.4) is 0 Å². The van der Waals surface area contributed by atoms with Crippen molar-refractivity contribution in [3.05, 3.63) is 33.9 Å². The van der Waals surface area contributed by atoms with Crippen LogP contribution in [-0.4, -0.2) is 29.4 Å². The van der Waals surface area contributed by atoms with Crippen LogP contribution in [0.2, 0.25) is 0 Å². The molecule has 1 aliphatic rings. The lowest BCUT2D eigenvalue weighted by Gasteiger charge is -2.16. The van der Waals surface area contributed by atoms with E-state index in [1.807, 2.05) is 0 Å². The number of nitrogens with zero attached hydrogens (tertiary/aromatic N) is 1. The van der Waals surface area contributed by atoms with E-state index in [9.17, 15) is 14.9 Å². The average molecular weight is 299 g/mol. The molecule has 2 rings (SSSR count). The molecule has 1 aromatic carbocycles. The van der Waals surface area contributed by atoms with Gasteiger partial charge in [0.25, 0.3) is 5.91 Å². The molecule has 1 aliphatic carbocycles. The van der Waals surface area contributed by atoms with Gasteiger partial charge in [0, 0.05) is 12.1 Å². The molecular weight excluding hydrogens is 284 g/mol. The monoisotopic (exact) mass is 298 g/mol. The molecule has 1 N–H and O–H groups in total. The first-order chi connectivity index (χ1) is 9.54. The van der Waals surface area contributed by atoms with E-state index in [2.05, 4.69) is 5.32 Å². The fourth-order valence-electron chi connectivity index (χ4n) is 2.39. The molecular formula is C13H15ClN2O4. The van der Waals surface area contributed by atoms with Gasteiger partial charge in [-0.3, -0.25) is 14.9 Å². The first-order valence-electron chi connectivity index (χ1n) is 6.31. The van der Waals surface area contributed by atoms with Gasteiger partial charge in [-0.15, -0.1) is 11.6 Å². The zero-order valence-electron chi connectivity index (χ0n) is 11.0. The molecule has 2 atom stereocenters. The highest BCUT2D eigenvalue weighted by molar-refractivity contribution is 6.21. The number of hydrogen-bond donors (Lipinski definition) is 1. The summed E-state index contributed by atoms with van der Waals surface area (Å²) in [4.78, 5) is 22.6. The summed E-state index contributed by atoms with van der Waals surface area (Å²) in [6.07, 6.45) is 2.64. The minimum atomic E-state index is -0.574. The molecule has 1 fully saturated rings. The zero-order chi connectivity index (χ0) is 14.7. The Kier molecular flexibility index (Phi) is 4.44. The van der Waals surface area contributed by atoms with Gasteiger partial charge in [-0.25, -0.2) is 0 Å². The second-order valence-corrected chi connectivity index (χ2v) is 5.20. The summed E-state index contributed by atoms with van der Waals surface area (Å²) in [5.74, 6) is -0.429. The molecule has 1 saturated carbocycles. The number of carbonyl (C=O) groups excluding carboxylic acids is 1. The van der Waals surface area contributed by atoms with Gasteiger partial charge in [-0.05, 0) is 25.3 Å². The van der Waals surface area contributed by atoms with E-state index in [4.69, 9.17) is 16.3 Å². The Bertz CT molecular complexity index is 535. The third-order valence-corrected chi connectivity index (χ3v) is 3.91. The molecule has 0 bridgehead atoms. The topological polar surface area (TPSA) is 81.5 Å². The van der Waals surface area contributed by atoms with Crippen molar-refractivity contribution in [3.63, 3.8) is 0 Å². The lowest BCUT2D eigenvalue weighted by molar-refractivity contribution is -0.385. The Morgan fingerprint density at radius 3 is 2.80 bits per heavy atom. The van der Waals surface area contributed by atoms with Gasteiger partial charge < -0.3 is 10.1 Å². The third kappa shape index (κ3) is 2.85. The predicted molar refractivity (Wildman–Crippen MR) is 74.4 cm³/mol. The minimum Gasteiger partial charge on any atom is -0.490 e. The van der Waals surface area contributed by atoms with Gasteiger partial charge in [0.15, 0.2) is 0 Å². The van der Waals surface area contributed by atoms with Crippen molar-refractivity contribution in [1.82, 2.24) is 5.32 Å². The number of para-hydroxylation sites is 1. The van der Waals surface area contributed by atoms with E-state index < -0.39 is 10.8 Å². The van der Waals surface area contributed by atoms with Crippen LogP contribution in [0.15, 0.2) is 18.2 Å². The highest BCUT2D eigenvalue weighted by Gasteiger charge is 2.29. The highest BCUT2D eigenvalue weighted by atomic mass is 35.5. The summed E-state index contributed by atoms with van der Waals surface area (Å²) in [7, 11) is 1.30. The fourth-order valence-corrected chi connectivity index (χ4v) is 2.73. The number of nitro benzene ring substituents is 1. The van der Waals surface area contributed by atoms with Crippen LogP contribution in [0, 0.1) is 10.1 Å². The smallest absolute Gasteiger partial charge is 0.311 e. The van der Waals surface area contributed by atoms with Crippen molar-refractivity contribution in [2.24, 2.45) is 0 Å². The number of alkyl halides is 1. The van der Waals surface area contributed by atoms with Crippen LogP contribution >= 0.6 is 11.6 Å². The van der Waals surface area contributed by atoms with Crippen LogP contribution in [0.5, 0.6) is 5.75 Å². The Labute approximate surface area is 121 Å². The molecule has 0 radical (unpaired) electrons. The maximum Gasteiger partial charge on any atom is 0.311 e. The number of benzene rings is 1. The summed E-state index contributed by atoms with van der Waals surface area (Å²) >= 11 is 6.11. The molecule has 6 nitrogen and oxygen atoms in total.